The summed E-state index contributed by atoms with van der Waals surface area (Å²) in [5.41, 5.74) is 0. The molecule has 2 unspecified atom stereocenters. The molecule has 1 N–H and O–H groups in total. The summed E-state index contributed by atoms with van der Waals surface area (Å²) in [4.78, 5) is 7.25. The number of hydrogen-bond acceptors (Lipinski definition) is 4. The summed E-state index contributed by atoms with van der Waals surface area (Å²) in [6.07, 6.45) is 4.69. The minimum atomic E-state index is 0.344. The van der Waals surface area contributed by atoms with Gasteiger partial charge in [0.25, 0.3) is 0 Å². The van der Waals surface area contributed by atoms with E-state index in [0.717, 1.165) is 5.92 Å². The van der Waals surface area contributed by atoms with Gasteiger partial charge in [-0.1, -0.05) is 6.07 Å². The fourth-order valence-corrected chi connectivity index (χ4v) is 3.93. The van der Waals surface area contributed by atoms with E-state index in [-0.39, 0.29) is 0 Å². The van der Waals surface area contributed by atoms with Crippen LogP contribution in [0.2, 0.25) is 0 Å². The molecule has 2 heterocycles. The molecule has 0 aromatic carbocycles. The average molecular weight is 278 g/mol. The van der Waals surface area contributed by atoms with E-state index in [2.05, 4.69) is 41.7 Å². The van der Waals surface area contributed by atoms with Crippen LogP contribution in [0.5, 0.6) is 0 Å². The minimum absolute atomic E-state index is 0.344. The van der Waals surface area contributed by atoms with Gasteiger partial charge in [-0.2, -0.15) is 0 Å². The molecule has 1 aliphatic carbocycles. The SMILES string of the molecule is Cc1cnc(C(C)NC(c2cccs2)C2CC2)s1. The van der Waals surface area contributed by atoms with Crippen molar-refractivity contribution in [2.45, 2.75) is 38.8 Å². The topological polar surface area (TPSA) is 24.9 Å². The zero-order valence-corrected chi connectivity index (χ0v) is 12.4. The van der Waals surface area contributed by atoms with Crippen LogP contribution in [0.25, 0.3) is 0 Å². The molecule has 0 radical (unpaired) electrons. The van der Waals surface area contributed by atoms with E-state index in [1.165, 1.54) is 27.6 Å². The number of thiophene rings is 1. The molecule has 0 aliphatic heterocycles. The third kappa shape index (κ3) is 2.66. The monoisotopic (exact) mass is 278 g/mol. The van der Waals surface area contributed by atoms with Gasteiger partial charge in [-0.3, -0.25) is 0 Å². The highest BCUT2D eigenvalue weighted by molar-refractivity contribution is 7.11. The zero-order chi connectivity index (χ0) is 12.5. The van der Waals surface area contributed by atoms with Gasteiger partial charge in [0.15, 0.2) is 0 Å². The first-order valence-corrected chi connectivity index (χ1v) is 8.15. The van der Waals surface area contributed by atoms with Gasteiger partial charge in [0.05, 0.1) is 6.04 Å². The zero-order valence-electron chi connectivity index (χ0n) is 10.7. The number of nitrogens with one attached hydrogen (secondary N) is 1. The van der Waals surface area contributed by atoms with Gasteiger partial charge in [-0.25, -0.2) is 4.98 Å². The van der Waals surface area contributed by atoms with Gasteiger partial charge in [-0.15, -0.1) is 22.7 Å². The standard InChI is InChI=1S/C14H18N2S2/c1-9-8-15-14(18-9)10(2)16-13(11-5-6-11)12-4-3-7-17-12/h3-4,7-8,10-11,13,16H,5-6H2,1-2H3. The maximum Gasteiger partial charge on any atom is 0.109 e. The van der Waals surface area contributed by atoms with Crippen molar-refractivity contribution in [3.8, 4) is 0 Å². The van der Waals surface area contributed by atoms with Crippen LogP contribution >= 0.6 is 22.7 Å². The molecule has 3 rings (SSSR count). The van der Waals surface area contributed by atoms with Crippen molar-refractivity contribution < 1.29 is 0 Å². The largest absolute Gasteiger partial charge is 0.300 e. The molecule has 1 aliphatic rings. The Labute approximate surface area is 116 Å². The lowest BCUT2D eigenvalue weighted by atomic mass is 10.1. The van der Waals surface area contributed by atoms with Crippen molar-refractivity contribution in [3.63, 3.8) is 0 Å². The van der Waals surface area contributed by atoms with Crippen LogP contribution in [0, 0.1) is 12.8 Å². The second-order valence-corrected chi connectivity index (χ2v) is 7.27. The molecule has 2 aromatic rings. The summed E-state index contributed by atoms with van der Waals surface area (Å²) in [5.74, 6) is 0.826. The number of aromatic nitrogens is 1. The second kappa shape index (κ2) is 5.11. The molecule has 96 valence electrons. The molecule has 2 aromatic heterocycles. The molecular weight excluding hydrogens is 260 g/mol. The molecule has 4 heteroatoms. The Hall–Kier alpha value is -0.710. The Kier molecular flexibility index (Phi) is 3.50. The van der Waals surface area contributed by atoms with Crippen molar-refractivity contribution in [1.82, 2.24) is 10.3 Å². The van der Waals surface area contributed by atoms with Crippen molar-refractivity contribution in [2.75, 3.05) is 0 Å². The number of thiazole rings is 1. The first-order valence-electron chi connectivity index (χ1n) is 6.46. The van der Waals surface area contributed by atoms with Crippen LogP contribution < -0.4 is 5.32 Å². The van der Waals surface area contributed by atoms with E-state index in [4.69, 9.17) is 0 Å². The lowest BCUT2D eigenvalue weighted by Gasteiger charge is -2.21. The molecule has 2 atom stereocenters. The first kappa shape index (κ1) is 12.3. The summed E-state index contributed by atoms with van der Waals surface area (Å²) >= 11 is 3.66. The Morgan fingerprint density at radius 3 is 2.83 bits per heavy atom. The van der Waals surface area contributed by atoms with E-state index < -0.39 is 0 Å². The molecule has 1 fully saturated rings. The van der Waals surface area contributed by atoms with Gasteiger partial charge in [0.2, 0.25) is 0 Å². The number of aryl methyl sites for hydroxylation is 1. The van der Waals surface area contributed by atoms with Crippen molar-refractivity contribution >= 4 is 22.7 Å². The smallest absolute Gasteiger partial charge is 0.109 e. The van der Waals surface area contributed by atoms with Gasteiger partial charge in [0.1, 0.15) is 5.01 Å². The van der Waals surface area contributed by atoms with Crippen molar-refractivity contribution in [3.05, 3.63) is 38.5 Å². The molecule has 0 bridgehead atoms. The lowest BCUT2D eigenvalue weighted by molar-refractivity contribution is 0.432. The van der Waals surface area contributed by atoms with Crippen LogP contribution in [0.1, 0.15) is 46.6 Å². The Bertz CT molecular complexity index is 500. The van der Waals surface area contributed by atoms with Gasteiger partial charge in [-0.05, 0) is 44.1 Å². The highest BCUT2D eigenvalue weighted by atomic mass is 32.1. The van der Waals surface area contributed by atoms with Crippen LogP contribution in [0.15, 0.2) is 23.7 Å². The third-order valence-electron chi connectivity index (χ3n) is 3.38. The van der Waals surface area contributed by atoms with E-state index in [1.807, 2.05) is 17.5 Å². The maximum absolute atomic E-state index is 4.49. The molecule has 18 heavy (non-hydrogen) atoms. The second-order valence-electron chi connectivity index (χ2n) is 5.03. The van der Waals surface area contributed by atoms with E-state index in [0.29, 0.717) is 12.1 Å². The Balaban J connectivity index is 1.73. The number of nitrogens with zero attached hydrogens (tertiary/aromatic N) is 1. The van der Waals surface area contributed by atoms with E-state index in [1.54, 1.807) is 11.3 Å². The van der Waals surface area contributed by atoms with E-state index in [9.17, 15) is 0 Å². The highest BCUT2D eigenvalue weighted by Crippen LogP contribution is 2.43. The average Bonchev–Trinajstić information content (AvgIpc) is 2.88. The molecule has 1 saturated carbocycles. The number of hydrogen-bond donors (Lipinski definition) is 1. The minimum Gasteiger partial charge on any atom is -0.300 e. The summed E-state index contributed by atoms with van der Waals surface area (Å²) in [6.45, 7) is 4.34. The van der Waals surface area contributed by atoms with Gasteiger partial charge < -0.3 is 5.32 Å². The molecular formula is C14H18N2S2. The molecule has 0 saturated heterocycles. The van der Waals surface area contributed by atoms with Crippen LogP contribution in [-0.2, 0) is 0 Å². The van der Waals surface area contributed by atoms with Crippen LogP contribution in [-0.4, -0.2) is 4.98 Å². The van der Waals surface area contributed by atoms with Gasteiger partial charge in [0, 0.05) is 22.0 Å². The fourth-order valence-electron chi connectivity index (χ4n) is 2.26. The third-order valence-corrected chi connectivity index (χ3v) is 5.43. The summed E-state index contributed by atoms with van der Waals surface area (Å²) < 4.78 is 0. The van der Waals surface area contributed by atoms with Crippen LogP contribution in [0.3, 0.4) is 0 Å². The molecule has 2 nitrogen and oxygen atoms in total. The summed E-state index contributed by atoms with van der Waals surface area (Å²) in [5, 5.41) is 7.14. The van der Waals surface area contributed by atoms with Crippen molar-refractivity contribution in [2.24, 2.45) is 5.92 Å². The summed E-state index contributed by atoms with van der Waals surface area (Å²) in [7, 11) is 0. The Morgan fingerprint density at radius 2 is 2.28 bits per heavy atom. The first-order chi connectivity index (χ1) is 8.74. The highest BCUT2D eigenvalue weighted by Gasteiger charge is 2.34. The normalized spacial score (nSPS) is 18.8. The summed E-state index contributed by atoms with van der Waals surface area (Å²) in [6, 6.07) is 5.26. The number of rotatable bonds is 5. The lowest BCUT2D eigenvalue weighted by Crippen LogP contribution is -2.25. The quantitative estimate of drug-likeness (QED) is 0.881. The predicted molar refractivity (Wildman–Crippen MR) is 78.2 cm³/mol. The predicted octanol–water partition coefficient (Wildman–Crippen LogP) is 4.31. The fraction of sp³-hybridized carbons (Fsp3) is 0.500. The van der Waals surface area contributed by atoms with Crippen molar-refractivity contribution in [1.29, 1.82) is 0 Å². The molecule has 0 spiro atoms. The molecule has 0 amide bonds. The van der Waals surface area contributed by atoms with Crippen LogP contribution in [0.4, 0.5) is 0 Å². The Morgan fingerprint density at radius 1 is 1.44 bits per heavy atom. The van der Waals surface area contributed by atoms with Gasteiger partial charge >= 0.3 is 0 Å². The maximum atomic E-state index is 4.49. The van der Waals surface area contributed by atoms with E-state index >= 15 is 0 Å².